The van der Waals surface area contributed by atoms with E-state index in [-0.39, 0.29) is 23.8 Å². The van der Waals surface area contributed by atoms with E-state index in [0.717, 1.165) is 5.57 Å². The zero-order chi connectivity index (χ0) is 15.9. The van der Waals surface area contributed by atoms with E-state index in [2.05, 4.69) is 0 Å². The molecule has 0 heterocycles. The van der Waals surface area contributed by atoms with Crippen LogP contribution in [0.1, 0.15) is 30.1 Å². The van der Waals surface area contributed by atoms with Gasteiger partial charge in [0.05, 0.1) is 0 Å². The lowest BCUT2D eigenvalue weighted by Crippen LogP contribution is -2.51. The molecule has 2 atom stereocenters. The van der Waals surface area contributed by atoms with Crippen molar-refractivity contribution in [2.75, 3.05) is 0 Å². The van der Waals surface area contributed by atoms with Crippen LogP contribution in [0.25, 0.3) is 0 Å². The first kappa shape index (κ1) is 14.9. The van der Waals surface area contributed by atoms with E-state index in [4.69, 9.17) is 11.6 Å². The molecule has 0 aromatic heterocycles. The van der Waals surface area contributed by atoms with E-state index in [1.54, 1.807) is 24.3 Å². The molecule has 22 heavy (non-hydrogen) atoms. The Morgan fingerprint density at radius 3 is 2.55 bits per heavy atom. The SMILES string of the molecule is CC1=CCC2(C(=O)c3ccc(Cl)cc3)C(=O)C=CC(=O)C2C1. The summed E-state index contributed by atoms with van der Waals surface area (Å²) in [6, 6.07) is 6.46. The number of Topliss-reactive ketones (excluding diaryl/α,β-unsaturated/α-hetero) is 1. The van der Waals surface area contributed by atoms with Crippen LogP contribution in [-0.2, 0) is 9.59 Å². The van der Waals surface area contributed by atoms with Crippen molar-refractivity contribution in [2.24, 2.45) is 11.3 Å². The predicted octanol–water partition coefficient (Wildman–Crippen LogP) is 3.57. The highest BCUT2D eigenvalue weighted by Crippen LogP contribution is 2.46. The molecular weight excluding hydrogens is 300 g/mol. The van der Waals surface area contributed by atoms with Crippen molar-refractivity contribution in [3.63, 3.8) is 0 Å². The Bertz CT molecular complexity index is 727. The number of benzene rings is 1. The van der Waals surface area contributed by atoms with Gasteiger partial charge in [0.25, 0.3) is 0 Å². The quantitative estimate of drug-likeness (QED) is 0.476. The molecule has 0 fully saturated rings. The molecule has 4 heteroatoms. The molecule has 0 aliphatic heterocycles. The number of hydrogen-bond donors (Lipinski definition) is 0. The fraction of sp³-hybridized carbons (Fsp3) is 0.278. The first-order valence-electron chi connectivity index (χ1n) is 7.17. The molecule has 2 aliphatic rings. The Labute approximate surface area is 133 Å². The Balaban J connectivity index is 2.12. The number of ketones is 3. The summed E-state index contributed by atoms with van der Waals surface area (Å²) in [6.45, 7) is 1.92. The van der Waals surface area contributed by atoms with Crippen molar-refractivity contribution in [3.8, 4) is 0 Å². The second kappa shape index (κ2) is 5.33. The third kappa shape index (κ3) is 2.17. The first-order chi connectivity index (χ1) is 10.4. The van der Waals surface area contributed by atoms with Crippen LogP contribution >= 0.6 is 11.6 Å². The van der Waals surface area contributed by atoms with Gasteiger partial charge in [-0.2, -0.15) is 0 Å². The van der Waals surface area contributed by atoms with Crippen molar-refractivity contribution in [2.45, 2.75) is 19.8 Å². The monoisotopic (exact) mass is 314 g/mol. The second-order valence-electron chi connectivity index (χ2n) is 5.92. The Kier molecular flexibility index (Phi) is 3.61. The number of carbonyl (C=O) groups excluding carboxylic acids is 3. The lowest BCUT2D eigenvalue weighted by molar-refractivity contribution is -0.133. The molecule has 0 radical (unpaired) electrons. The van der Waals surface area contributed by atoms with Crippen LogP contribution in [-0.4, -0.2) is 17.3 Å². The third-order valence-electron chi connectivity index (χ3n) is 4.59. The van der Waals surface area contributed by atoms with E-state index in [0.29, 0.717) is 17.0 Å². The van der Waals surface area contributed by atoms with Crippen molar-refractivity contribution >= 4 is 29.0 Å². The van der Waals surface area contributed by atoms with Crippen LogP contribution < -0.4 is 0 Å². The summed E-state index contributed by atoms with van der Waals surface area (Å²) in [4.78, 5) is 37.9. The molecule has 1 aromatic rings. The molecule has 1 aromatic carbocycles. The second-order valence-corrected chi connectivity index (χ2v) is 6.36. The van der Waals surface area contributed by atoms with Gasteiger partial charge in [-0.15, -0.1) is 0 Å². The average molecular weight is 315 g/mol. The zero-order valence-electron chi connectivity index (χ0n) is 12.1. The van der Waals surface area contributed by atoms with E-state index in [9.17, 15) is 14.4 Å². The number of allylic oxidation sites excluding steroid dienone is 4. The van der Waals surface area contributed by atoms with Gasteiger partial charge in [0.15, 0.2) is 17.3 Å². The first-order valence-corrected chi connectivity index (χ1v) is 7.55. The standard InChI is InChI=1S/C18H15ClO3/c1-11-8-9-18(14(10-11)15(20)6-7-16(18)21)17(22)12-2-4-13(19)5-3-12/h2-8,14H,9-10H2,1H3. The predicted molar refractivity (Wildman–Crippen MR) is 83.9 cm³/mol. The maximum atomic E-state index is 13.1. The lowest BCUT2D eigenvalue weighted by atomic mass is 9.58. The Morgan fingerprint density at radius 2 is 1.86 bits per heavy atom. The molecule has 3 nitrogen and oxygen atoms in total. The van der Waals surface area contributed by atoms with Gasteiger partial charge < -0.3 is 0 Å². The van der Waals surface area contributed by atoms with Gasteiger partial charge in [-0.05, 0) is 56.2 Å². The number of fused-ring (bicyclic) bond motifs is 1. The zero-order valence-corrected chi connectivity index (χ0v) is 12.9. The molecule has 3 rings (SSSR count). The van der Waals surface area contributed by atoms with Gasteiger partial charge in [-0.25, -0.2) is 0 Å². The van der Waals surface area contributed by atoms with Crippen molar-refractivity contribution in [3.05, 3.63) is 58.7 Å². The topological polar surface area (TPSA) is 51.2 Å². The van der Waals surface area contributed by atoms with Crippen LogP contribution in [0.15, 0.2) is 48.1 Å². The number of hydrogen-bond acceptors (Lipinski definition) is 3. The van der Waals surface area contributed by atoms with Gasteiger partial charge >= 0.3 is 0 Å². The van der Waals surface area contributed by atoms with Crippen molar-refractivity contribution in [1.82, 2.24) is 0 Å². The number of rotatable bonds is 2. The highest BCUT2D eigenvalue weighted by molar-refractivity contribution is 6.31. The lowest BCUT2D eigenvalue weighted by Gasteiger charge is -2.40. The van der Waals surface area contributed by atoms with Gasteiger partial charge in [0.1, 0.15) is 5.41 Å². The number of carbonyl (C=O) groups is 3. The van der Waals surface area contributed by atoms with Crippen LogP contribution in [0.5, 0.6) is 0 Å². The Morgan fingerprint density at radius 1 is 1.18 bits per heavy atom. The smallest absolute Gasteiger partial charge is 0.177 e. The molecule has 112 valence electrons. The fourth-order valence-electron chi connectivity index (χ4n) is 3.32. The number of halogens is 1. The summed E-state index contributed by atoms with van der Waals surface area (Å²) >= 11 is 5.86. The Hall–Kier alpha value is -2.00. The summed E-state index contributed by atoms with van der Waals surface area (Å²) in [5.74, 6) is -1.31. The van der Waals surface area contributed by atoms with Gasteiger partial charge in [-0.3, -0.25) is 14.4 Å². The minimum absolute atomic E-state index is 0.144. The molecule has 0 saturated heterocycles. The van der Waals surface area contributed by atoms with E-state index in [1.165, 1.54) is 12.2 Å². The fourth-order valence-corrected chi connectivity index (χ4v) is 3.44. The minimum atomic E-state index is -1.29. The van der Waals surface area contributed by atoms with Crippen LogP contribution in [0, 0.1) is 11.3 Å². The molecular formula is C18H15ClO3. The van der Waals surface area contributed by atoms with Crippen molar-refractivity contribution < 1.29 is 14.4 Å². The maximum absolute atomic E-state index is 13.1. The molecule has 0 amide bonds. The van der Waals surface area contributed by atoms with E-state index >= 15 is 0 Å². The summed E-state index contributed by atoms with van der Waals surface area (Å²) in [7, 11) is 0. The summed E-state index contributed by atoms with van der Waals surface area (Å²) in [5, 5.41) is 0.524. The summed E-state index contributed by atoms with van der Waals surface area (Å²) < 4.78 is 0. The third-order valence-corrected chi connectivity index (χ3v) is 4.84. The molecule has 0 spiro atoms. The molecule has 0 N–H and O–H groups in total. The summed E-state index contributed by atoms with van der Waals surface area (Å²) in [6.07, 6.45) is 5.18. The van der Waals surface area contributed by atoms with E-state index < -0.39 is 11.3 Å². The minimum Gasteiger partial charge on any atom is -0.294 e. The van der Waals surface area contributed by atoms with Crippen LogP contribution in [0.2, 0.25) is 5.02 Å². The van der Waals surface area contributed by atoms with Gasteiger partial charge in [0, 0.05) is 16.5 Å². The van der Waals surface area contributed by atoms with Crippen LogP contribution in [0.3, 0.4) is 0 Å². The van der Waals surface area contributed by atoms with Crippen LogP contribution in [0.4, 0.5) is 0 Å². The molecule has 0 saturated carbocycles. The normalized spacial score (nSPS) is 27.4. The van der Waals surface area contributed by atoms with Gasteiger partial charge in [-0.1, -0.05) is 23.3 Å². The largest absolute Gasteiger partial charge is 0.294 e. The average Bonchev–Trinajstić information content (AvgIpc) is 2.51. The van der Waals surface area contributed by atoms with Gasteiger partial charge in [0.2, 0.25) is 0 Å². The highest BCUT2D eigenvalue weighted by atomic mass is 35.5. The maximum Gasteiger partial charge on any atom is 0.177 e. The van der Waals surface area contributed by atoms with E-state index in [1.807, 2.05) is 13.0 Å². The molecule has 0 bridgehead atoms. The highest BCUT2D eigenvalue weighted by Gasteiger charge is 2.55. The van der Waals surface area contributed by atoms with Crippen molar-refractivity contribution in [1.29, 1.82) is 0 Å². The molecule has 2 unspecified atom stereocenters. The summed E-state index contributed by atoms with van der Waals surface area (Å²) in [5.41, 5.74) is 0.166. The molecule has 2 aliphatic carbocycles.